The minimum absolute atomic E-state index is 0. The number of unbranched alkanes of at least 4 members (excludes halogenated alkanes) is 1. The lowest BCUT2D eigenvalue weighted by molar-refractivity contribution is 0.0902. The molecule has 0 aliphatic heterocycles. The molecule has 3 rings (SSSR count). The number of hydrogen-bond donors (Lipinski definition) is 2. The monoisotopic (exact) mass is 366 g/mol. The lowest BCUT2D eigenvalue weighted by atomic mass is 9.79. The predicted molar refractivity (Wildman–Crippen MR) is 104 cm³/mol. The van der Waals surface area contributed by atoms with Crippen LogP contribution < -0.4 is 10.9 Å². The Morgan fingerprint density at radius 3 is 2.76 bits per heavy atom. The molecule has 1 atom stereocenters. The third-order valence-electron chi connectivity index (χ3n) is 4.82. The topological polar surface area (TPSA) is 93.5 Å². The van der Waals surface area contributed by atoms with Gasteiger partial charge in [-0.1, -0.05) is 13.3 Å². The van der Waals surface area contributed by atoms with Gasteiger partial charge in [0, 0.05) is 35.0 Å². The smallest absolute Gasteiger partial charge is 0.248 e. The number of carbonyl (C=O) groups is 1. The molecule has 6 heteroatoms. The van der Waals surface area contributed by atoms with E-state index in [1.54, 1.807) is 6.07 Å². The summed E-state index contributed by atoms with van der Waals surface area (Å²) in [6, 6.07) is 5.29. The second-order valence-electron chi connectivity index (χ2n) is 6.49. The molecule has 1 aliphatic rings. The molecule has 1 aliphatic carbocycles. The van der Waals surface area contributed by atoms with Gasteiger partial charge >= 0.3 is 0 Å². The van der Waals surface area contributed by atoms with E-state index in [9.17, 15) is 9.59 Å². The van der Waals surface area contributed by atoms with Gasteiger partial charge in [0.15, 0.2) is 5.78 Å². The molecule has 25 heavy (non-hydrogen) atoms. The molecule has 1 aromatic heterocycles. The number of aryl methyl sites for hydroxylation is 1. The van der Waals surface area contributed by atoms with E-state index in [1.807, 2.05) is 13.0 Å². The SMILES string of the molecule is CCCCNCC1CCc2c(C)cc3[nH]c(=O)ccc3c2C1=O.Cl.O. The second-order valence-corrected chi connectivity index (χ2v) is 6.49. The van der Waals surface area contributed by atoms with Crippen LogP contribution in [0.5, 0.6) is 0 Å². The second kappa shape index (κ2) is 9.13. The van der Waals surface area contributed by atoms with Crippen molar-refractivity contribution in [1.82, 2.24) is 10.3 Å². The van der Waals surface area contributed by atoms with E-state index in [4.69, 9.17) is 0 Å². The summed E-state index contributed by atoms with van der Waals surface area (Å²) in [5.74, 6) is 0.257. The molecule has 0 bridgehead atoms. The largest absolute Gasteiger partial charge is 0.412 e. The molecule has 0 saturated heterocycles. The van der Waals surface area contributed by atoms with Crippen molar-refractivity contribution in [2.75, 3.05) is 13.1 Å². The van der Waals surface area contributed by atoms with Crippen molar-refractivity contribution >= 4 is 29.1 Å². The summed E-state index contributed by atoms with van der Waals surface area (Å²) in [5, 5.41) is 4.29. The number of benzene rings is 1. The van der Waals surface area contributed by atoms with Gasteiger partial charge in [-0.2, -0.15) is 0 Å². The molecule has 0 spiro atoms. The van der Waals surface area contributed by atoms with Gasteiger partial charge in [-0.05, 0) is 56.0 Å². The van der Waals surface area contributed by atoms with Gasteiger partial charge in [0.1, 0.15) is 0 Å². The first-order valence-electron chi connectivity index (χ1n) is 8.52. The first-order chi connectivity index (χ1) is 11.1. The van der Waals surface area contributed by atoms with E-state index in [-0.39, 0.29) is 35.1 Å². The van der Waals surface area contributed by atoms with Crippen molar-refractivity contribution in [3.8, 4) is 0 Å². The highest BCUT2D eigenvalue weighted by molar-refractivity contribution is 6.11. The summed E-state index contributed by atoms with van der Waals surface area (Å²) in [6.45, 7) is 5.90. The molecular weight excluding hydrogens is 340 g/mol. The highest BCUT2D eigenvalue weighted by Gasteiger charge is 2.29. The fourth-order valence-electron chi connectivity index (χ4n) is 3.52. The number of carbonyl (C=O) groups excluding carboxylic acids is 1. The molecule has 2 aromatic rings. The number of H-pyrrole nitrogens is 1. The third-order valence-corrected chi connectivity index (χ3v) is 4.82. The minimum atomic E-state index is -0.127. The van der Waals surface area contributed by atoms with Crippen molar-refractivity contribution in [1.29, 1.82) is 0 Å². The number of hydrogen-bond acceptors (Lipinski definition) is 3. The van der Waals surface area contributed by atoms with E-state index in [0.717, 1.165) is 66.4 Å². The Kier molecular flexibility index (Phi) is 7.80. The fraction of sp³-hybridized carbons (Fsp3) is 0.474. The third kappa shape index (κ3) is 4.29. The quantitative estimate of drug-likeness (QED) is 0.796. The average molecular weight is 367 g/mol. The van der Waals surface area contributed by atoms with Crippen LogP contribution >= 0.6 is 12.4 Å². The number of fused-ring (bicyclic) bond motifs is 3. The maximum absolute atomic E-state index is 13.0. The van der Waals surface area contributed by atoms with Gasteiger partial charge in [0.2, 0.25) is 5.56 Å². The highest BCUT2D eigenvalue weighted by Crippen LogP contribution is 2.32. The number of ketones is 1. The van der Waals surface area contributed by atoms with Crippen LogP contribution in [0.2, 0.25) is 0 Å². The molecule has 0 radical (unpaired) electrons. The van der Waals surface area contributed by atoms with Crippen molar-refractivity contribution in [2.24, 2.45) is 5.92 Å². The van der Waals surface area contributed by atoms with Gasteiger partial charge in [0.05, 0.1) is 0 Å². The van der Waals surface area contributed by atoms with E-state index in [0.29, 0.717) is 0 Å². The van der Waals surface area contributed by atoms with Gasteiger partial charge in [-0.25, -0.2) is 0 Å². The molecule has 138 valence electrons. The van der Waals surface area contributed by atoms with Gasteiger partial charge in [-0.15, -0.1) is 12.4 Å². The molecular formula is C19H27ClN2O3. The lowest BCUT2D eigenvalue weighted by Gasteiger charge is -2.26. The van der Waals surface area contributed by atoms with Crippen molar-refractivity contribution in [3.05, 3.63) is 45.2 Å². The Hall–Kier alpha value is -1.69. The van der Waals surface area contributed by atoms with E-state index in [2.05, 4.69) is 17.2 Å². The Morgan fingerprint density at radius 2 is 2.04 bits per heavy atom. The number of nitrogens with one attached hydrogen (secondary N) is 2. The predicted octanol–water partition coefficient (Wildman–Crippen LogP) is 2.57. The fourth-order valence-corrected chi connectivity index (χ4v) is 3.52. The van der Waals surface area contributed by atoms with Crippen LogP contribution in [0, 0.1) is 12.8 Å². The van der Waals surface area contributed by atoms with Crippen molar-refractivity contribution in [3.63, 3.8) is 0 Å². The van der Waals surface area contributed by atoms with Gasteiger partial charge < -0.3 is 15.8 Å². The summed E-state index contributed by atoms with van der Waals surface area (Å²) >= 11 is 0. The minimum Gasteiger partial charge on any atom is -0.412 e. The van der Waals surface area contributed by atoms with Crippen molar-refractivity contribution in [2.45, 2.75) is 39.5 Å². The van der Waals surface area contributed by atoms with E-state index < -0.39 is 0 Å². The number of aromatic amines is 1. The molecule has 1 unspecified atom stereocenters. The lowest BCUT2D eigenvalue weighted by Crippen LogP contribution is -2.33. The Balaban J connectivity index is 0.00000156. The standard InChI is InChI=1S/C19H24N2O2.ClH.H2O/c1-3-4-9-20-11-13-5-6-14-12(2)10-16-15(18(14)19(13)23)7-8-17(22)21-16;;/h7-8,10,13,20H,3-6,9,11H2,1-2H3,(H,21,22);1H;1H2. The molecule has 1 aromatic carbocycles. The molecule has 4 N–H and O–H groups in total. The summed E-state index contributed by atoms with van der Waals surface area (Å²) in [6.07, 6.45) is 4.13. The molecule has 5 nitrogen and oxygen atoms in total. The zero-order valence-electron chi connectivity index (χ0n) is 14.8. The zero-order chi connectivity index (χ0) is 16.4. The number of halogens is 1. The van der Waals surface area contributed by atoms with E-state index >= 15 is 0 Å². The normalized spacial score (nSPS) is 16.1. The molecule has 0 fully saturated rings. The number of Topliss-reactive ketones (excluding diaryl/α,β-unsaturated/α-hetero) is 1. The van der Waals surface area contributed by atoms with E-state index in [1.165, 1.54) is 6.07 Å². The first kappa shape index (κ1) is 21.4. The Bertz CT molecular complexity index is 801. The summed E-state index contributed by atoms with van der Waals surface area (Å²) in [4.78, 5) is 27.4. The summed E-state index contributed by atoms with van der Waals surface area (Å²) in [5.41, 5.74) is 3.71. The first-order valence-corrected chi connectivity index (χ1v) is 8.52. The zero-order valence-corrected chi connectivity index (χ0v) is 15.6. The van der Waals surface area contributed by atoms with Crippen LogP contribution in [0.25, 0.3) is 10.9 Å². The Labute approximate surface area is 153 Å². The number of pyridine rings is 1. The van der Waals surface area contributed by atoms with Crippen LogP contribution in [0.3, 0.4) is 0 Å². The maximum atomic E-state index is 13.0. The van der Waals surface area contributed by atoms with Gasteiger partial charge in [0.25, 0.3) is 0 Å². The molecule has 0 amide bonds. The number of aromatic nitrogens is 1. The molecule has 0 saturated carbocycles. The molecule has 1 heterocycles. The van der Waals surface area contributed by atoms with Gasteiger partial charge in [-0.3, -0.25) is 9.59 Å². The highest BCUT2D eigenvalue weighted by atomic mass is 35.5. The summed E-state index contributed by atoms with van der Waals surface area (Å²) < 4.78 is 0. The van der Waals surface area contributed by atoms with Crippen LogP contribution in [0.1, 0.15) is 47.7 Å². The Morgan fingerprint density at radius 1 is 1.28 bits per heavy atom. The van der Waals surface area contributed by atoms with Crippen LogP contribution in [-0.2, 0) is 6.42 Å². The van der Waals surface area contributed by atoms with Crippen LogP contribution in [-0.4, -0.2) is 29.3 Å². The average Bonchev–Trinajstić information content (AvgIpc) is 2.53. The van der Waals surface area contributed by atoms with Crippen LogP contribution in [0.15, 0.2) is 23.0 Å². The summed E-state index contributed by atoms with van der Waals surface area (Å²) in [7, 11) is 0. The maximum Gasteiger partial charge on any atom is 0.248 e. The van der Waals surface area contributed by atoms with Crippen molar-refractivity contribution < 1.29 is 10.3 Å². The van der Waals surface area contributed by atoms with Crippen LogP contribution in [0.4, 0.5) is 0 Å². The number of rotatable bonds is 5.